The SMILES string of the molecule is CCC(CC)c1cc[n+](CC(=O)c2ccc[nH]2)cc1. The van der Waals surface area contributed by atoms with Gasteiger partial charge in [0.25, 0.3) is 0 Å². The van der Waals surface area contributed by atoms with Crippen molar-refractivity contribution in [2.24, 2.45) is 0 Å². The van der Waals surface area contributed by atoms with Crippen molar-refractivity contribution in [3.63, 3.8) is 0 Å². The Bertz CT molecular complexity index is 510. The van der Waals surface area contributed by atoms with Crippen molar-refractivity contribution in [1.29, 1.82) is 0 Å². The average molecular weight is 257 g/mol. The standard InChI is InChI=1S/C16H20N2O/c1-3-13(4-2)14-7-10-18(11-8-14)12-16(19)15-6-5-9-17-15/h5-11,13H,3-4,12H2,1-2H3/p+1. The average Bonchev–Trinajstić information content (AvgIpc) is 2.96. The Morgan fingerprint density at radius 3 is 2.42 bits per heavy atom. The second-order valence-corrected chi connectivity index (χ2v) is 4.82. The van der Waals surface area contributed by atoms with Gasteiger partial charge < -0.3 is 4.98 Å². The zero-order valence-electron chi connectivity index (χ0n) is 11.6. The number of carbonyl (C=O) groups excluding carboxylic acids is 1. The lowest BCUT2D eigenvalue weighted by molar-refractivity contribution is -0.683. The summed E-state index contributed by atoms with van der Waals surface area (Å²) in [5.74, 6) is 0.721. The molecule has 0 aliphatic heterocycles. The molecule has 0 amide bonds. The van der Waals surface area contributed by atoms with Gasteiger partial charge in [0.2, 0.25) is 12.3 Å². The van der Waals surface area contributed by atoms with Crippen LogP contribution in [0.4, 0.5) is 0 Å². The molecule has 0 aliphatic rings. The first kappa shape index (κ1) is 13.5. The molecule has 3 heteroatoms. The number of ketones is 1. The maximum absolute atomic E-state index is 12.0. The molecule has 0 spiro atoms. The van der Waals surface area contributed by atoms with Crippen molar-refractivity contribution in [2.75, 3.05) is 0 Å². The molecule has 19 heavy (non-hydrogen) atoms. The smallest absolute Gasteiger partial charge is 0.243 e. The van der Waals surface area contributed by atoms with Crippen molar-refractivity contribution in [3.05, 3.63) is 54.1 Å². The molecule has 0 radical (unpaired) electrons. The molecule has 3 nitrogen and oxygen atoms in total. The Labute approximate surface area is 114 Å². The van der Waals surface area contributed by atoms with Crippen molar-refractivity contribution in [1.82, 2.24) is 4.98 Å². The fraction of sp³-hybridized carbons (Fsp3) is 0.375. The summed E-state index contributed by atoms with van der Waals surface area (Å²) in [6.45, 7) is 4.80. The van der Waals surface area contributed by atoms with Gasteiger partial charge in [-0.05, 0) is 36.5 Å². The number of hydrogen-bond acceptors (Lipinski definition) is 1. The molecule has 0 aromatic carbocycles. The van der Waals surface area contributed by atoms with E-state index in [1.54, 1.807) is 6.20 Å². The number of pyridine rings is 1. The van der Waals surface area contributed by atoms with E-state index in [2.05, 4.69) is 31.0 Å². The van der Waals surface area contributed by atoms with Crippen LogP contribution in [0, 0.1) is 0 Å². The lowest BCUT2D eigenvalue weighted by Crippen LogP contribution is -2.37. The Morgan fingerprint density at radius 1 is 1.21 bits per heavy atom. The normalized spacial score (nSPS) is 10.9. The molecule has 0 fully saturated rings. The third-order valence-corrected chi connectivity index (χ3v) is 3.60. The lowest BCUT2D eigenvalue weighted by atomic mass is 9.95. The van der Waals surface area contributed by atoms with Gasteiger partial charge in [-0.25, -0.2) is 0 Å². The van der Waals surface area contributed by atoms with E-state index in [9.17, 15) is 4.79 Å². The zero-order chi connectivity index (χ0) is 13.7. The van der Waals surface area contributed by atoms with Gasteiger partial charge in [0.05, 0.1) is 5.69 Å². The first-order valence-corrected chi connectivity index (χ1v) is 6.90. The van der Waals surface area contributed by atoms with Crippen LogP contribution in [-0.2, 0) is 6.54 Å². The lowest BCUT2D eigenvalue weighted by Gasteiger charge is -2.11. The topological polar surface area (TPSA) is 36.7 Å². The predicted molar refractivity (Wildman–Crippen MR) is 75.1 cm³/mol. The largest absolute Gasteiger partial charge is 0.359 e. The summed E-state index contributed by atoms with van der Waals surface area (Å²) in [5.41, 5.74) is 2.02. The second-order valence-electron chi connectivity index (χ2n) is 4.82. The minimum atomic E-state index is 0.102. The summed E-state index contributed by atoms with van der Waals surface area (Å²) in [7, 11) is 0. The number of Topliss-reactive ketones (excluding diaryl/α,β-unsaturated/α-hetero) is 1. The molecule has 0 bridgehead atoms. The number of carbonyl (C=O) groups is 1. The van der Waals surface area contributed by atoms with Crippen LogP contribution in [0.5, 0.6) is 0 Å². The number of hydrogen-bond donors (Lipinski definition) is 1. The van der Waals surface area contributed by atoms with Crippen LogP contribution in [0.15, 0.2) is 42.9 Å². The maximum Gasteiger partial charge on any atom is 0.243 e. The van der Waals surface area contributed by atoms with E-state index in [0.717, 1.165) is 12.8 Å². The molecular formula is C16H21N2O+. The molecule has 2 rings (SSSR count). The van der Waals surface area contributed by atoms with Gasteiger partial charge in [-0.2, -0.15) is 4.57 Å². The van der Waals surface area contributed by atoms with E-state index in [-0.39, 0.29) is 5.78 Å². The molecular weight excluding hydrogens is 236 g/mol. The number of aromatic amines is 1. The van der Waals surface area contributed by atoms with Gasteiger partial charge in [-0.3, -0.25) is 4.79 Å². The zero-order valence-corrected chi connectivity index (χ0v) is 11.6. The monoisotopic (exact) mass is 257 g/mol. The summed E-state index contributed by atoms with van der Waals surface area (Å²) >= 11 is 0. The number of aromatic nitrogens is 2. The quantitative estimate of drug-likeness (QED) is 0.626. The molecule has 1 N–H and O–H groups in total. The Morgan fingerprint density at radius 2 is 1.89 bits per heavy atom. The molecule has 2 heterocycles. The molecule has 0 saturated heterocycles. The summed E-state index contributed by atoms with van der Waals surface area (Å²) in [6, 6.07) is 7.90. The highest BCUT2D eigenvalue weighted by molar-refractivity contribution is 5.93. The van der Waals surface area contributed by atoms with Gasteiger partial charge >= 0.3 is 0 Å². The molecule has 0 atom stereocenters. The van der Waals surface area contributed by atoms with E-state index < -0.39 is 0 Å². The first-order valence-electron chi connectivity index (χ1n) is 6.90. The maximum atomic E-state index is 12.0. The van der Waals surface area contributed by atoms with Crippen LogP contribution in [-0.4, -0.2) is 10.8 Å². The number of nitrogens with zero attached hydrogens (tertiary/aromatic N) is 1. The van der Waals surface area contributed by atoms with Crippen LogP contribution in [0.25, 0.3) is 0 Å². The van der Waals surface area contributed by atoms with Crippen molar-refractivity contribution >= 4 is 5.78 Å². The van der Waals surface area contributed by atoms with Crippen LogP contribution < -0.4 is 4.57 Å². The van der Waals surface area contributed by atoms with E-state index in [4.69, 9.17) is 0 Å². The molecule has 2 aromatic heterocycles. The third kappa shape index (κ3) is 3.31. The Kier molecular flexibility index (Phi) is 4.50. The minimum Gasteiger partial charge on any atom is -0.359 e. The van der Waals surface area contributed by atoms with Gasteiger partial charge in [0.15, 0.2) is 12.4 Å². The van der Waals surface area contributed by atoms with Crippen molar-refractivity contribution in [2.45, 2.75) is 39.2 Å². The fourth-order valence-electron chi connectivity index (χ4n) is 2.36. The first-order chi connectivity index (χ1) is 9.24. The van der Waals surface area contributed by atoms with Crippen LogP contribution >= 0.6 is 0 Å². The summed E-state index contributed by atoms with van der Waals surface area (Å²) in [5, 5.41) is 0. The van der Waals surface area contributed by atoms with Gasteiger partial charge in [0.1, 0.15) is 0 Å². The van der Waals surface area contributed by atoms with Crippen LogP contribution in [0.2, 0.25) is 0 Å². The summed E-state index contributed by atoms with van der Waals surface area (Å²) in [4.78, 5) is 14.9. The highest BCUT2D eigenvalue weighted by Crippen LogP contribution is 2.21. The fourth-order valence-corrected chi connectivity index (χ4v) is 2.36. The van der Waals surface area contributed by atoms with Gasteiger partial charge in [0, 0.05) is 18.3 Å². The van der Waals surface area contributed by atoms with E-state index in [1.165, 1.54) is 5.56 Å². The molecule has 0 saturated carbocycles. The third-order valence-electron chi connectivity index (χ3n) is 3.60. The molecule has 0 aliphatic carbocycles. The highest BCUT2D eigenvalue weighted by Gasteiger charge is 2.14. The van der Waals surface area contributed by atoms with E-state index in [1.807, 2.05) is 29.1 Å². The van der Waals surface area contributed by atoms with Gasteiger partial charge in [-0.1, -0.05) is 13.8 Å². The minimum absolute atomic E-state index is 0.102. The van der Waals surface area contributed by atoms with Crippen LogP contribution in [0.1, 0.15) is 48.7 Å². The van der Waals surface area contributed by atoms with E-state index >= 15 is 0 Å². The van der Waals surface area contributed by atoms with Crippen molar-refractivity contribution in [3.8, 4) is 0 Å². The highest BCUT2D eigenvalue weighted by atomic mass is 16.1. The van der Waals surface area contributed by atoms with Crippen LogP contribution in [0.3, 0.4) is 0 Å². The summed E-state index contributed by atoms with van der Waals surface area (Å²) < 4.78 is 1.93. The Hall–Kier alpha value is -1.90. The molecule has 2 aromatic rings. The number of nitrogens with one attached hydrogen (secondary N) is 1. The van der Waals surface area contributed by atoms with Gasteiger partial charge in [-0.15, -0.1) is 0 Å². The second kappa shape index (κ2) is 6.32. The Balaban J connectivity index is 2.05. The molecule has 100 valence electrons. The number of rotatable bonds is 6. The van der Waals surface area contributed by atoms with E-state index in [0.29, 0.717) is 18.2 Å². The number of H-pyrrole nitrogens is 1. The predicted octanol–water partition coefficient (Wildman–Crippen LogP) is 3.09. The van der Waals surface area contributed by atoms with Crippen molar-refractivity contribution < 1.29 is 9.36 Å². The summed E-state index contributed by atoms with van der Waals surface area (Å²) in [6.07, 6.45) is 8.07. The molecule has 0 unspecified atom stereocenters.